The summed E-state index contributed by atoms with van der Waals surface area (Å²) in [6.07, 6.45) is 3.77. The van der Waals surface area contributed by atoms with Crippen molar-refractivity contribution in [1.29, 1.82) is 0 Å². The molecule has 2 N–H and O–H groups in total. The highest BCUT2D eigenvalue weighted by Crippen LogP contribution is 2.54. The number of hydrogen-bond acceptors (Lipinski definition) is 2. The van der Waals surface area contributed by atoms with Gasteiger partial charge in [0.15, 0.2) is 0 Å². The molecule has 2 nitrogen and oxygen atoms in total. The second kappa shape index (κ2) is 3.24. The first-order valence-corrected chi connectivity index (χ1v) is 6.18. The quantitative estimate of drug-likeness (QED) is 0.825. The molecule has 0 radical (unpaired) electrons. The van der Waals surface area contributed by atoms with E-state index < -0.39 is 0 Å². The lowest BCUT2D eigenvalue weighted by Gasteiger charge is -2.22. The van der Waals surface area contributed by atoms with Crippen LogP contribution in [-0.4, -0.2) is 12.1 Å². The number of nitrogens with two attached hydrogens (primary N) is 1. The average Bonchev–Trinajstić information content (AvgIpc) is 2.94. The molecular weight excluding hydrogens is 198 g/mol. The van der Waals surface area contributed by atoms with Gasteiger partial charge in [-0.05, 0) is 32.3 Å². The lowest BCUT2D eigenvalue weighted by molar-refractivity contribution is 0.250. The zero-order valence-electron chi connectivity index (χ0n) is 9.99. The van der Waals surface area contributed by atoms with Gasteiger partial charge in [0.1, 0.15) is 11.9 Å². The van der Waals surface area contributed by atoms with Crippen molar-refractivity contribution in [2.24, 2.45) is 5.73 Å². The summed E-state index contributed by atoms with van der Waals surface area (Å²) in [5.41, 5.74) is 9.05. The molecule has 1 fully saturated rings. The third-order valence-corrected chi connectivity index (χ3v) is 4.12. The third kappa shape index (κ3) is 1.29. The Morgan fingerprint density at radius 1 is 1.44 bits per heavy atom. The predicted molar refractivity (Wildman–Crippen MR) is 64.8 cm³/mol. The monoisotopic (exact) mass is 217 g/mol. The molecule has 86 valence electrons. The summed E-state index contributed by atoms with van der Waals surface area (Å²) in [4.78, 5) is 0. The molecular formula is C14H19NO. The highest BCUT2D eigenvalue weighted by atomic mass is 16.5. The van der Waals surface area contributed by atoms with Gasteiger partial charge >= 0.3 is 0 Å². The minimum atomic E-state index is 0.204. The summed E-state index contributed by atoms with van der Waals surface area (Å²) in [7, 11) is 0. The lowest BCUT2D eigenvalue weighted by Crippen LogP contribution is -2.31. The number of ether oxygens (including phenoxy) is 1. The van der Waals surface area contributed by atoms with Crippen LogP contribution in [0.4, 0.5) is 0 Å². The van der Waals surface area contributed by atoms with Crippen LogP contribution in [0.3, 0.4) is 0 Å². The summed E-state index contributed by atoms with van der Waals surface area (Å²) in [5, 5.41) is 0. The van der Waals surface area contributed by atoms with E-state index in [4.69, 9.17) is 10.5 Å². The van der Waals surface area contributed by atoms with Crippen molar-refractivity contribution in [3.8, 4) is 5.75 Å². The minimum absolute atomic E-state index is 0.204. The van der Waals surface area contributed by atoms with Gasteiger partial charge in [0.05, 0.1) is 0 Å². The van der Waals surface area contributed by atoms with E-state index in [1.165, 1.54) is 24.0 Å². The van der Waals surface area contributed by atoms with Crippen molar-refractivity contribution < 1.29 is 4.74 Å². The fourth-order valence-electron chi connectivity index (χ4n) is 2.93. The molecule has 0 aromatic heterocycles. The number of fused-ring (bicyclic) bond motifs is 1. The minimum Gasteiger partial charge on any atom is -0.490 e. The van der Waals surface area contributed by atoms with E-state index in [2.05, 4.69) is 32.0 Å². The van der Waals surface area contributed by atoms with Crippen molar-refractivity contribution in [2.75, 3.05) is 0 Å². The van der Waals surface area contributed by atoms with E-state index in [0.29, 0.717) is 6.10 Å². The molecule has 1 saturated carbocycles. The van der Waals surface area contributed by atoms with Gasteiger partial charge in [0.2, 0.25) is 0 Å². The Morgan fingerprint density at radius 3 is 2.81 bits per heavy atom. The fourth-order valence-corrected chi connectivity index (χ4v) is 2.93. The van der Waals surface area contributed by atoms with E-state index in [1.807, 2.05) is 0 Å². The van der Waals surface area contributed by atoms with E-state index >= 15 is 0 Å². The van der Waals surface area contributed by atoms with Gasteiger partial charge in [-0.3, -0.25) is 0 Å². The summed E-state index contributed by atoms with van der Waals surface area (Å²) in [6.45, 7) is 4.25. The Labute approximate surface area is 96.8 Å². The molecule has 2 unspecified atom stereocenters. The second-order valence-corrected chi connectivity index (χ2v) is 5.37. The smallest absolute Gasteiger partial charge is 0.126 e. The van der Waals surface area contributed by atoms with E-state index in [-0.39, 0.29) is 11.5 Å². The molecule has 0 bridgehead atoms. The summed E-state index contributed by atoms with van der Waals surface area (Å²) in [6, 6.07) is 6.75. The molecule has 0 amide bonds. The zero-order valence-corrected chi connectivity index (χ0v) is 9.99. The SMILES string of the molecule is CC1Cc2cccc(C3(C(C)N)CC3)c2O1. The molecule has 1 aromatic carbocycles. The standard InChI is InChI=1S/C14H19NO/c1-9-8-11-4-3-5-12(13(11)16-9)14(6-7-14)10(2)15/h3-5,9-10H,6-8,15H2,1-2H3. The topological polar surface area (TPSA) is 35.2 Å². The predicted octanol–water partition coefficient (Wildman–Crippen LogP) is 2.39. The van der Waals surface area contributed by atoms with Crippen molar-refractivity contribution in [1.82, 2.24) is 0 Å². The van der Waals surface area contributed by atoms with E-state index in [0.717, 1.165) is 12.2 Å². The van der Waals surface area contributed by atoms with Crippen LogP contribution in [0.5, 0.6) is 5.75 Å². The van der Waals surface area contributed by atoms with Crippen molar-refractivity contribution in [3.05, 3.63) is 29.3 Å². The Morgan fingerprint density at radius 2 is 2.19 bits per heavy atom. The Hall–Kier alpha value is -1.02. The fraction of sp³-hybridized carbons (Fsp3) is 0.571. The van der Waals surface area contributed by atoms with E-state index in [1.54, 1.807) is 0 Å². The molecule has 3 rings (SSSR count). The molecule has 2 atom stereocenters. The van der Waals surface area contributed by atoms with Gasteiger partial charge < -0.3 is 10.5 Å². The third-order valence-electron chi connectivity index (χ3n) is 4.12. The maximum Gasteiger partial charge on any atom is 0.126 e. The zero-order chi connectivity index (χ0) is 11.3. The van der Waals surface area contributed by atoms with Gasteiger partial charge in [-0.2, -0.15) is 0 Å². The Balaban J connectivity index is 2.07. The van der Waals surface area contributed by atoms with Crippen LogP contribution >= 0.6 is 0 Å². The number of rotatable bonds is 2. The lowest BCUT2D eigenvalue weighted by atomic mass is 9.87. The first-order valence-electron chi connectivity index (χ1n) is 6.18. The summed E-state index contributed by atoms with van der Waals surface area (Å²) < 4.78 is 5.96. The van der Waals surface area contributed by atoms with Gasteiger partial charge in [-0.15, -0.1) is 0 Å². The van der Waals surface area contributed by atoms with Gasteiger partial charge in [-0.1, -0.05) is 18.2 Å². The van der Waals surface area contributed by atoms with Crippen LogP contribution < -0.4 is 10.5 Å². The van der Waals surface area contributed by atoms with Crippen LogP contribution in [0.15, 0.2) is 18.2 Å². The number of hydrogen-bond donors (Lipinski definition) is 1. The van der Waals surface area contributed by atoms with Crippen LogP contribution in [-0.2, 0) is 11.8 Å². The highest BCUT2D eigenvalue weighted by Gasteiger charge is 2.50. The normalized spacial score (nSPS) is 27.1. The molecule has 0 saturated heterocycles. The Kier molecular flexibility index (Phi) is 2.05. The largest absolute Gasteiger partial charge is 0.490 e. The van der Waals surface area contributed by atoms with Gasteiger partial charge in [0, 0.05) is 23.4 Å². The molecule has 1 heterocycles. The van der Waals surface area contributed by atoms with Crippen LogP contribution in [0, 0.1) is 0 Å². The molecule has 0 spiro atoms. The van der Waals surface area contributed by atoms with Crippen molar-refractivity contribution in [2.45, 2.75) is 50.7 Å². The summed E-state index contributed by atoms with van der Waals surface area (Å²) in [5.74, 6) is 1.13. The van der Waals surface area contributed by atoms with Crippen LogP contribution in [0.2, 0.25) is 0 Å². The Bertz CT molecular complexity index is 421. The van der Waals surface area contributed by atoms with Gasteiger partial charge in [-0.25, -0.2) is 0 Å². The summed E-state index contributed by atoms with van der Waals surface area (Å²) >= 11 is 0. The maximum absolute atomic E-state index is 6.14. The molecule has 1 aromatic rings. The number of para-hydroxylation sites is 1. The maximum atomic E-state index is 6.14. The van der Waals surface area contributed by atoms with Crippen molar-refractivity contribution in [3.63, 3.8) is 0 Å². The molecule has 2 aliphatic rings. The average molecular weight is 217 g/mol. The first kappa shape index (κ1) is 10.2. The van der Waals surface area contributed by atoms with Gasteiger partial charge in [0.25, 0.3) is 0 Å². The molecule has 2 heteroatoms. The van der Waals surface area contributed by atoms with Crippen molar-refractivity contribution >= 4 is 0 Å². The highest BCUT2D eigenvalue weighted by molar-refractivity contribution is 5.51. The molecule has 1 aliphatic carbocycles. The second-order valence-electron chi connectivity index (χ2n) is 5.37. The van der Waals surface area contributed by atoms with Crippen LogP contribution in [0.1, 0.15) is 37.8 Å². The molecule has 16 heavy (non-hydrogen) atoms. The van der Waals surface area contributed by atoms with Crippen LogP contribution in [0.25, 0.3) is 0 Å². The number of benzene rings is 1. The first-order chi connectivity index (χ1) is 7.63. The van der Waals surface area contributed by atoms with E-state index in [9.17, 15) is 0 Å². The molecule has 1 aliphatic heterocycles.